The fourth-order valence-corrected chi connectivity index (χ4v) is 0.559. The molecule has 1 N–H and O–H groups in total. The fourth-order valence-electron chi connectivity index (χ4n) is 0.559. The largest absolute Gasteiger partial charge is 0.339 e. The van der Waals surface area contributed by atoms with E-state index < -0.39 is 0 Å². The number of rotatable bonds is 2. The van der Waals surface area contributed by atoms with Gasteiger partial charge in [-0.25, -0.2) is 4.98 Å². The van der Waals surface area contributed by atoms with Crippen molar-refractivity contribution in [3.05, 3.63) is 30.9 Å². The van der Waals surface area contributed by atoms with Crippen molar-refractivity contribution in [3.8, 4) is 0 Å². The molecule has 0 aliphatic rings. The lowest BCUT2D eigenvalue weighted by molar-refractivity contribution is 1.26. The molecule has 0 saturated heterocycles. The van der Waals surface area contributed by atoms with E-state index in [0.29, 0.717) is 0 Å². The van der Waals surface area contributed by atoms with Crippen molar-refractivity contribution in [1.82, 2.24) is 9.97 Å². The lowest BCUT2D eigenvalue weighted by atomic mass is 10.5. The van der Waals surface area contributed by atoms with E-state index in [0.717, 1.165) is 11.5 Å². The Hall–Kier alpha value is -1.31. The summed E-state index contributed by atoms with van der Waals surface area (Å²) in [5.74, 6) is 0.782. The molecule has 2 heteroatoms. The average Bonchev–Trinajstić information content (AvgIpc) is 2.34. The Morgan fingerprint density at radius 1 is 1.44 bits per heavy atom. The lowest BCUT2D eigenvalue weighted by Crippen LogP contribution is -1.71. The van der Waals surface area contributed by atoms with Crippen LogP contribution in [0.4, 0.5) is 0 Å². The summed E-state index contributed by atoms with van der Waals surface area (Å²) in [7, 11) is 0. The van der Waals surface area contributed by atoms with Crippen LogP contribution in [0.3, 0.4) is 0 Å². The molecular weight excluding hydrogens is 112 g/mol. The number of hydrogen-bond donors (Lipinski definition) is 1. The van der Waals surface area contributed by atoms with Crippen LogP contribution >= 0.6 is 0 Å². The van der Waals surface area contributed by atoms with Crippen LogP contribution in [0.1, 0.15) is 11.5 Å². The maximum atomic E-state index is 3.96. The molecule has 1 aromatic heterocycles. The quantitative estimate of drug-likeness (QED) is 0.632. The van der Waals surface area contributed by atoms with Gasteiger partial charge in [0.05, 0.1) is 11.9 Å². The Bertz CT molecular complexity index is 200. The number of nitrogens with zero attached hydrogens (tertiary/aromatic N) is 1. The van der Waals surface area contributed by atoms with Crippen molar-refractivity contribution in [1.29, 1.82) is 0 Å². The summed E-state index contributed by atoms with van der Waals surface area (Å²) in [5.41, 5.74) is 0.921. The molecule has 0 saturated carbocycles. The van der Waals surface area contributed by atoms with E-state index in [1.165, 1.54) is 0 Å². The zero-order chi connectivity index (χ0) is 6.69. The first-order valence-electron chi connectivity index (χ1n) is 2.66. The molecule has 0 aromatic carbocycles. The van der Waals surface area contributed by atoms with Crippen LogP contribution in [0, 0.1) is 0 Å². The second-order valence-corrected chi connectivity index (χ2v) is 1.63. The fraction of sp³-hybridized carbons (Fsp3) is 0. The molecule has 2 nitrogen and oxygen atoms in total. The van der Waals surface area contributed by atoms with Crippen LogP contribution in [-0.4, -0.2) is 9.97 Å². The first-order chi connectivity index (χ1) is 4.36. The van der Waals surface area contributed by atoms with Crippen molar-refractivity contribution in [3.63, 3.8) is 0 Å². The van der Waals surface area contributed by atoms with Crippen molar-refractivity contribution < 1.29 is 0 Å². The van der Waals surface area contributed by atoms with E-state index in [4.69, 9.17) is 0 Å². The Kier molecular flexibility index (Phi) is 1.49. The Balaban J connectivity index is 2.98. The van der Waals surface area contributed by atoms with Gasteiger partial charge in [0, 0.05) is 0 Å². The normalized spacial score (nSPS) is 8.89. The van der Waals surface area contributed by atoms with Crippen LogP contribution < -0.4 is 0 Å². The highest BCUT2D eigenvalue weighted by atomic mass is 14.9. The molecule has 0 radical (unpaired) electrons. The lowest BCUT2D eigenvalue weighted by Gasteiger charge is -1.78. The van der Waals surface area contributed by atoms with Crippen molar-refractivity contribution in [2.24, 2.45) is 0 Å². The predicted octanol–water partition coefficient (Wildman–Crippen LogP) is 1.70. The molecule has 46 valence electrons. The van der Waals surface area contributed by atoms with Gasteiger partial charge in [-0.05, 0) is 12.2 Å². The molecule has 0 atom stereocenters. The highest BCUT2D eigenvalue weighted by Crippen LogP contribution is 1.97. The van der Waals surface area contributed by atoms with Crippen LogP contribution in [-0.2, 0) is 0 Å². The van der Waals surface area contributed by atoms with Crippen molar-refractivity contribution >= 4 is 12.2 Å². The van der Waals surface area contributed by atoms with Gasteiger partial charge in [0.2, 0.25) is 0 Å². The molecule has 1 aromatic rings. The highest BCUT2D eigenvalue weighted by Gasteiger charge is 1.88. The second kappa shape index (κ2) is 2.31. The molecule has 0 spiro atoms. The summed E-state index contributed by atoms with van der Waals surface area (Å²) in [6.45, 7) is 7.12. The molecule has 0 amide bonds. The maximum absolute atomic E-state index is 3.96. The zero-order valence-electron chi connectivity index (χ0n) is 5.09. The number of H-pyrrole nitrogens is 1. The van der Waals surface area contributed by atoms with Gasteiger partial charge in [-0.2, -0.15) is 0 Å². The Morgan fingerprint density at radius 2 is 2.22 bits per heavy atom. The monoisotopic (exact) mass is 120 g/mol. The smallest absolute Gasteiger partial charge is 0.129 e. The van der Waals surface area contributed by atoms with E-state index in [2.05, 4.69) is 23.1 Å². The molecule has 1 rings (SSSR count). The third-order valence-corrected chi connectivity index (χ3v) is 1.03. The Labute approximate surface area is 53.9 Å². The van der Waals surface area contributed by atoms with Gasteiger partial charge in [-0.3, -0.25) is 0 Å². The minimum Gasteiger partial charge on any atom is -0.339 e. The van der Waals surface area contributed by atoms with Gasteiger partial charge in [0.25, 0.3) is 0 Å². The molecule has 0 aliphatic heterocycles. The van der Waals surface area contributed by atoms with Gasteiger partial charge >= 0.3 is 0 Å². The molecule has 0 fully saturated rings. The second-order valence-electron chi connectivity index (χ2n) is 1.63. The topological polar surface area (TPSA) is 28.7 Å². The number of imidazole rings is 1. The third kappa shape index (κ3) is 1.08. The summed E-state index contributed by atoms with van der Waals surface area (Å²) in [6, 6.07) is 0. The molecule has 1 heterocycles. The van der Waals surface area contributed by atoms with Gasteiger partial charge in [-0.1, -0.05) is 13.2 Å². The molecule has 0 bridgehead atoms. The predicted molar refractivity (Wildman–Crippen MR) is 38.8 cm³/mol. The minimum absolute atomic E-state index is 0.782. The standard InChI is InChI=1S/C7H8N2/c1-3-6-5-8-7(4-2)9-6/h3-5H,1-2H2,(H,8,9). The van der Waals surface area contributed by atoms with E-state index in [9.17, 15) is 0 Å². The molecule has 0 aliphatic carbocycles. The third-order valence-electron chi connectivity index (χ3n) is 1.03. The van der Waals surface area contributed by atoms with Crippen LogP contribution in [0.2, 0.25) is 0 Å². The van der Waals surface area contributed by atoms with Crippen LogP contribution in [0.15, 0.2) is 19.4 Å². The zero-order valence-corrected chi connectivity index (χ0v) is 5.09. The molecule has 9 heavy (non-hydrogen) atoms. The summed E-state index contributed by atoms with van der Waals surface area (Å²) in [6.07, 6.45) is 5.08. The van der Waals surface area contributed by atoms with Gasteiger partial charge in [0.1, 0.15) is 5.82 Å². The number of hydrogen-bond acceptors (Lipinski definition) is 1. The van der Waals surface area contributed by atoms with Gasteiger partial charge < -0.3 is 4.98 Å². The minimum atomic E-state index is 0.782. The van der Waals surface area contributed by atoms with E-state index >= 15 is 0 Å². The maximum Gasteiger partial charge on any atom is 0.129 e. The van der Waals surface area contributed by atoms with Crippen molar-refractivity contribution in [2.75, 3.05) is 0 Å². The SMILES string of the molecule is C=Cc1cnc(C=C)[nH]1. The molecular formula is C7H8N2. The summed E-state index contributed by atoms with van der Waals surface area (Å²) < 4.78 is 0. The Morgan fingerprint density at radius 3 is 2.56 bits per heavy atom. The van der Waals surface area contributed by atoms with Gasteiger partial charge in [0.15, 0.2) is 0 Å². The number of nitrogens with one attached hydrogen (secondary N) is 1. The highest BCUT2D eigenvalue weighted by molar-refractivity contribution is 5.45. The van der Waals surface area contributed by atoms with Crippen molar-refractivity contribution in [2.45, 2.75) is 0 Å². The average molecular weight is 120 g/mol. The molecule has 0 unspecified atom stereocenters. The van der Waals surface area contributed by atoms with E-state index in [-0.39, 0.29) is 0 Å². The van der Waals surface area contributed by atoms with E-state index in [1.807, 2.05) is 0 Å². The summed E-state index contributed by atoms with van der Waals surface area (Å²) >= 11 is 0. The summed E-state index contributed by atoms with van der Waals surface area (Å²) in [4.78, 5) is 6.93. The summed E-state index contributed by atoms with van der Waals surface area (Å²) in [5, 5.41) is 0. The number of aromatic nitrogens is 2. The van der Waals surface area contributed by atoms with Crippen LogP contribution in [0.5, 0.6) is 0 Å². The van der Waals surface area contributed by atoms with Crippen LogP contribution in [0.25, 0.3) is 12.2 Å². The first kappa shape index (κ1) is 5.82. The first-order valence-corrected chi connectivity index (χ1v) is 2.66. The van der Waals surface area contributed by atoms with Gasteiger partial charge in [-0.15, -0.1) is 0 Å². The van der Waals surface area contributed by atoms with E-state index in [1.54, 1.807) is 18.3 Å². The number of aromatic amines is 1.